The van der Waals surface area contributed by atoms with E-state index in [1.165, 1.54) is 0 Å². The second-order valence-electron chi connectivity index (χ2n) is 6.12. The van der Waals surface area contributed by atoms with E-state index in [-0.39, 0.29) is 19.1 Å². The van der Waals surface area contributed by atoms with Gasteiger partial charge >= 0.3 is 0 Å². The summed E-state index contributed by atoms with van der Waals surface area (Å²) in [7, 11) is 0. The summed E-state index contributed by atoms with van der Waals surface area (Å²) >= 11 is 0. The molecule has 0 unspecified atom stereocenters. The summed E-state index contributed by atoms with van der Waals surface area (Å²) < 4.78 is 0. The lowest BCUT2D eigenvalue weighted by atomic mass is 9.87. The molecule has 0 aromatic rings. The molecule has 0 aromatic carbocycles. The fourth-order valence-corrected chi connectivity index (χ4v) is 1.43. The van der Waals surface area contributed by atoms with Crippen LogP contribution in [0.15, 0.2) is 0 Å². The number of rotatable bonds is 9. The molecule has 6 nitrogen and oxygen atoms in total. The standard InChI is InChI=1S/C14H28N2O4/c1-10(2)5-6-11(18)15-7-8-16-13(20)12(19)14(3,4)9-17/h10,12,17,19H,5-9H2,1-4H3,(H,15,18)(H,16,20)/t12-/m0/s1. The van der Waals surface area contributed by atoms with Crippen molar-refractivity contribution in [2.45, 2.75) is 46.6 Å². The molecule has 0 radical (unpaired) electrons. The van der Waals surface area contributed by atoms with E-state index in [0.29, 0.717) is 18.9 Å². The fraction of sp³-hybridized carbons (Fsp3) is 0.857. The second-order valence-corrected chi connectivity index (χ2v) is 6.12. The van der Waals surface area contributed by atoms with E-state index < -0.39 is 17.4 Å². The number of amides is 2. The minimum atomic E-state index is -1.27. The van der Waals surface area contributed by atoms with Crippen LogP contribution in [0.3, 0.4) is 0 Å². The van der Waals surface area contributed by atoms with Crippen molar-refractivity contribution < 1.29 is 19.8 Å². The van der Waals surface area contributed by atoms with Crippen LogP contribution in [-0.4, -0.2) is 47.8 Å². The Morgan fingerprint density at radius 1 is 1.15 bits per heavy atom. The molecule has 0 fully saturated rings. The largest absolute Gasteiger partial charge is 0.396 e. The van der Waals surface area contributed by atoms with Gasteiger partial charge in [0.2, 0.25) is 11.8 Å². The molecule has 0 aromatic heterocycles. The van der Waals surface area contributed by atoms with Crippen LogP contribution in [-0.2, 0) is 9.59 Å². The van der Waals surface area contributed by atoms with Crippen LogP contribution in [0.25, 0.3) is 0 Å². The fourth-order valence-electron chi connectivity index (χ4n) is 1.43. The van der Waals surface area contributed by atoms with Crippen molar-refractivity contribution in [2.75, 3.05) is 19.7 Å². The zero-order valence-electron chi connectivity index (χ0n) is 12.9. The Morgan fingerprint density at radius 3 is 2.20 bits per heavy atom. The molecule has 0 spiro atoms. The quantitative estimate of drug-likeness (QED) is 0.450. The van der Waals surface area contributed by atoms with Gasteiger partial charge in [0.05, 0.1) is 6.61 Å². The number of hydrogen-bond acceptors (Lipinski definition) is 4. The molecule has 2 amide bonds. The van der Waals surface area contributed by atoms with Gasteiger partial charge in [-0.25, -0.2) is 0 Å². The van der Waals surface area contributed by atoms with Crippen LogP contribution in [0.4, 0.5) is 0 Å². The van der Waals surface area contributed by atoms with Gasteiger partial charge in [-0.1, -0.05) is 27.7 Å². The molecule has 118 valence electrons. The molecule has 0 saturated heterocycles. The minimum absolute atomic E-state index is 0.0378. The molecule has 0 rings (SSSR count). The molecule has 0 bridgehead atoms. The van der Waals surface area contributed by atoms with E-state index in [0.717, 1.165) is 6.42 Å². The first-order chi connectivity index (χ1) is 9.20. The summed E-state index contributed by atoms with van der Waals surface area (Å²) in [6.45, 7) is 7.61. The maximum Gasteiger partial charge on any atom is 0.249 e. The number of carbonyl (C=O) groups is 2. The van der Waals surface area contributed by atoms with Crippen molar-refractivity contribution in [3.8, 4) is 0 Å². The van der Waals surface area contributed by atoms with Gasteiger partial charge in [0.15, 0.2) is 0 Å². The highest BCUT2D eigenvalue weighted by Crippen LogP contribution is 2.19. The van der Waals surface area contributed by atoms with E-state index >= 15 is 0 Å². The van der Waals surface area contributed by atoms with Crippen LogP contribution >= 0.6 is 0 Å². The van der Waals surface area contributed by atoms with Crippen molar-refractivity contribution in [1.82, 2.24) is 10.6 Å². The second kappa shape index (κ2) is 8.92. The summed E-state index contributed by atoms with van der Waals surface area (Å²) in [6, 6.07) is 0. The molecule has 0 aliphatic rings. The van der Waals surface area contributed by atoms with Crippen LogP contribution < -0.4 is 10.6 Å². The predicted molar refractivity (Wildman–Crippen MR) is 77.0 cm³/mol. The highest BCUT2D eigenvalue weighted by molar-refractivity contribution is 5.81. The molecule has 0 aliphatic heterocycles. The third-order valence-corrected chi connectivity index (χ3v) is 3.09. The van der Waals surface area contributed by atoms with Gasteiger partial charge in [-0.2, -0.15) is 0 Å². The monoisotopic (exact) mass is 288 g/mol. The molecule has 1 atom stereocenters. The molecule has 20 heavy (non-hydrogen) atoms. The zero-order chi connectivity index (χ0) is 15.8. The van der Waals surface area contributed by atoms with E-state index in [2.05, 4.69) is 24.5 Å². The normalized spacial score (nSPS) is 13.2. The van der Waals surface area contributed by atoms with Gasteiger partial charge in [0.1, 0.15) is 6.10 Å². The maximum absolute atomic E-state index is 11.6. The van der Waals surface area contributed by atoms with Crippen molar-refractivity contribution in [1.29, 1.82) is 0 Å². The van der Waals surface area contributed by atoms with Crippen LogP contribution in [0.1, 0.15) is 40.5 Å². The first kappa shape index (κ1) is 18.9. The van der Waals surface area contributed by atoms with E-state index in [9.17, 15) is 14.7 Å². The zero-order valence-corrected chi connectivity index (χ0v) is 12.9. The van der Waals surface area contributed by atoms with Crippen molar-refractivity contribution in [3.05, 3.63) is 0 Å². The van der Waals surface area contributed by atoms with Gasteiger partial charge in [0, 0.05) is 24.9 Å². The lowest BCUT2D eigenvalue weighted by Gasteiger charge is -2.27. The Bertz CT molecular complexity index is 316. The summed E-state index contributed by atoms with van der Waals surface area (Å²) in [5, 5.41) is 24.0. The summed E-state index contributed by atoms with van der Waals surface area (Å²) in [5.74, 6) is -0.0963. The lowest BCUT2D eigenvalue weighted by Crippen LogP contribution is -2.47. The number of aliphatic hydroxyl groups excluding tert-OH is 2. The van der Waals surface area contributed by atoms with Crippen molar-refractivity contribution in [2.24, 2.45) is 11.3 Å². The first-order valence-electron chi connectivity index (χ1n) is 7.04. The molecular formula is C14H28N2O4. The van der Waals surface area contributed by atoms with Crippen LogP contribution in [0.2, 0.25) is 0 Å². The molecular weight excluding hydrogens is 260 g/mol. The summed E-state index contributed by atoms with van der Waals surface area (Å²) in [5.41, 5.74) is -0.884. The van der Waals surface area contributed by atoms with Gasteiger partial charge in [0.25, 0.3) is 0 Å². The number of nitrogens with one attached hydrogen (secondary N) is 2. The average Bonchev–Trinajstić information content (AvgIpc) is 2.39. The van der Waals surface area contributed by atoms with Gasteiger partial charge in [-0.3, -0.25) is 9.59 Å². The predicted octanol–water partition coefficient (Wildman–Crippen LogP) is 0.0344. The highest BCUT2D eigenvalue weighted by atomic mass is 16.3. The van der Waals surface area contributed by atoms with Crippen LogP contribution in [0, 0.1) is 11.3 Å². The number of hydrogen-bond donors (Lipinski definition) is 4. The first-order valence-corrected chi connectivity index (χ1v) is 7.04. The Morgan fingerprint density at radius 2 is 1.70 bits per heavy atom. The summed E-state index contributed by atoms with van der Waals surface area (Å²) in [6.07, 6.45) is 0.0389. The lowest BCUT2D eigenvalue weighted by molar-refractivity contribution is -0.137. The molecule has 0 saturated carbocycles. The molecule has 4 N–H and O–H groups in total. The van der Waals surface area contributed by atoms with E-state index in [1.54, 1.807) is 13.8 Å². The molecule has 0 aliphatic carbocycles. The third-order valence-electron chi connectivity index (χ3n) is 3.09. The molecule has 0 heterocycles. The smallest absolute Gasteiger partial charge is 0.249 e. The topological polar surface area (TPSA) is 98.7 Å². The van der Waals surface area contributed by atoms with Gasteiger partial charge < -0.3 is 20.8 Å². The minimum Gasteiger partial charge on any atom is -0.396 e. The summed E-state index contributed by atoms with van der Waals surface area (Å²) in [4.78, 5) is 23.0. The Hall–Kier alpha value is -1.14. The van der Waals surface area contributed by atoms with Gasteiger partial charge in [-0.15, -0.1) is 0 Å². The van der Waals surface area contributed by atoms with E-state index in [4.69, 9.17) is 5.11 Å². The molecule has 6 heteroatoms. The average molecular weight is 288 g/mol. The Labute approximate surface area is 120 Å². The Kier molecular flexibility index (Phi) is 8.41. The van der Waals surface area contributed by atoms with Crippen molar-refractivity contribution >= 4 is 11.8 Å². The number of aliphatic hydroxyl groups is 2. The Balaban J connectivity index is 3.85. The third kappa shape index (κ3) is 7.45. The van der Waals surface area contributed by atoms with Crippen LogP contribution in [0.5, 0.6) is 0 Å². The maximum atomic E-state index is 11.6. The van der Waals surface area contributed by atoms with Crippen molar-refractivity contribution in [3.63, 3.8) is 0 Å². The SMILES string of the molecule is CC(C)CCC(=O)NCCNC(=O)[C@H](O)C(C)(C)CO. The van der Waals surface area contributed by atoms with E-state index in [1.807, 2.05) is 0 Å². The highest BCUT2D eigenvalue weighted by Gasteiger charge is 2.32. The van der Waals surface area contributed by atoms with Gasteiger partial charge in [-0.05, 0) is 12.3 Å². The number of carbonyl (C=O) groups excluding carboxylic acids is 2.